The van der Waals surface area contributed by atoms with Crippen molar-refractivity contribution in [3.05, 3.63) is 63.8 Å². The molecule has 0 spiro atoms. The van der Waals surface area contributed by atoms with Crippen molar-refractivity contribution in [3.8, 4) is 0 Å². The van der Waals surface area contributed by atoms with Gasteiger partial charge in [-0.05, 0) is 30.5 Å². The summed E-state index contributed by atoms with van der Waals surface area (Å²) in [5.41, 5.74) is 0.649. The Morgan fingerprint density at radius 1 is 1.04 bits per heavy atom. The Hall–Kier alpha value is -2.70. The molecule has 0 aliphatic rings. The van der Waals surface area contributed by atoms with Gasteiger partial charge in [-0.1, -0.05) is 48.0 Å². The lowest BCUT2D eigenvalue weighted by molar-refractivity contribution is -0.153. The second-order valence-electron chi connectivity index (χ2n) is 6.17. The standard InChI is InChI=1S/C21H18ClNO4S/c1-13(27-20(25)12-9-17(24)18-10-11-19(22)28-18)21(26)23-16-8-4-6-14-5-2-3-7-15(14)16/h2-8,10-11,13H,9,12H2,1H3,(H,23,26)/t13-/m1/s1. The fourth-order valence-corrected chi connectivity index (χ4v) is 3.69. The number of carbonyl (C=O) groups excluding carboxylic acids is 3. The van der Waals surface area contributed by atoms with Crippen LogP contribution in [0.5, 0.6) is 0 Å². The number of benzene rings is 2. The molecule has 0 unspecified atom stereocenters. The van der Waals surface area contributed by atoms with Crippen molar-refractivity contribution >= 4 is 57.1 Å². The van der Waals surface area contributed by atoms with Crippen molar-refractivity contribution in [2.75, 3.05) is 5.32 Å². The number of rotatable bonds is 7. The Labute approximate surface area is 171 Å². The van der Waals surface area contributed by atoms with Gasteiger partial charge in [0.1, 0.15) is 0 Å². The van der Waals surface area contributed by atoms with Gasteiger partial charge in [0, 0.05) is 17.5 Å². The number of nitrogens with one attached hydrogen (secondary N) is 1. The maximum Gasteiger partial charge on any atom is 0.307 e. The molecule has 3 aromatic rings. The minimum atomic E-state index is -0.974. The molecule has 3 rings (SSSR count). The van der Waals surface area contributed by atoms with Gasteiger partial charge in [-0.25, -0.2) is 0 Å². The van der Waals surface area contributed by atoms with Gasteiger partial charge in [0.05, 0.1) is 15.6 Å². The third kappa shape index (κ3) is 4.97. The lowest BCUT2D eigenvalue weighted by Crippen LogP contribution is -2.30. The number of fused-ring (bicyclic) bond motifs is 1. The molecule has 1 N–H and O–H groups in total. The number of ketones is 1. The minimum absolute atomic E-state index is 0.00728. The first-order chi connectivity index (χ1) is 13.4. The molecule has 28 heavy (non-hydrogen) atoms. The van der Waals surface area contributed by atoms with E-state index in [1.807, 2.05) is 36.4 Å². The van der Waals surface area contributed by atoms with Crippen molar-refractivity contribution in [1.82, 2.24) is 0 Å². The number of Topliss-reactive ketones (excluding diaryl/α,β-unsaturated/α-hetero) is 1. The first-order valence-electron chi connectivity index (χ1n) is 8.70. The zero-order chi connectivity index (χ0) is 20.1. The first kappa shape index (κ1) is 20.0. The highest BCUT2D eigenvalue weighted by molar-refractivity contribution is 7.18. The fourth-order valence-electron chi connectivity index (χ4n) is 2.68. The van der Waals surface area contributed by atoms with Gasteiger partial charge in [0.25, 0.3) is 5.91 Å². The zero-order valence-corrected chi connectivity index (χ0v) is 16.7. The van der Waals surface area contributed by atoms with Crippen LogP contribution in [-0.2, 0) is 14.3 Å². The minimum Gasteiger partial charge on any atom is -0.453 e. The van der Waals surface area contributed by atoms with Crippen LogP contribution in [0.25, 0.3) is 10.8 Å². The van der Waals surface area contributed by atoms with Crippen LogP contribution in [0.1, 0.15) is 29.4 Å². The molecule has 144 valence electrons. The van der Waals surface area contributed by atoms with Crippen molar-refractivity contribution in [2.45, 2.75) is 25.9 Å². The SMILES string of the molecule is C[C@@H](OC(=O)CCC(=O)c1ccc(Cl)s1)C(=O)Nc1cccc2ccccc12. The van der Waals surface area contributed by atoms with Crippen molar-refractivity contribution in [1.29, 1.82) is 0 Å². The number of halogens is 1. The average Bonchev–Trinajstić information content (AvgIpc) is 3.13. The van der Waals surface area contributed by atoms with Crippen LogP contribution in [-0.4, -0.2) is 23.8 Å². The van der Waals surface area contributed by atoms with Crippen LogP contribution in [0.15, 0.2) is 54.6 Å². The van der Waals surface area contributed by atoms with Crippen molar-refractivity contribution in [2.24, 2.45) is 0 Å². The molecule has 0 aliphatic heterocycles. The quantitative estimate of drug-likeness (QED) is 0.431. The summed E-state index contributed by atoms with van der Waals surface area (Å²) in [5.74, 6) is -1.21. The molecule has 2 aromatic carbocycles. The summed E-state index contributed by atoms with van der Waals surface area (Å²) in [6, 6.07) is 16.5. The number of ether oxygens (including phenoxy) is 1. The molecule has 0 fully saturated rings. The van der Waals surface area contributed by atoms with E-state index in [-0.39, 0.29) is 18.6 Å². The van der Waals surface area contributed by atoms with Crippen LogP contribution >= 0.6 is 22.9 Å². The van der Waals surface area contributed by atoms with E-state index >= 15 is 0 Å². The van der Waals surface area contributed by atoms with Crippen molar-refractivity contribution in [3.63, 3.8) is 0 Å². The highest BCUT2D eigenvalue weighted by atomic mass is 35.5. The third-order valence-electron chi connectivity index (χ3n) is 4.13. The maximum absolute atomic E-state index is 12.4. The highest BCUT2D eigenvalue weighted by Crippen LogP contribution is 2.24. The van der Waals surface area contributed by atoms with Gasteiger partial charge in [-0.2, -0.15) is 0 Å². The van der Waals surface area contributed by atoms with Gasteiger partial charge in [-0.3, -0.25) is 14.4 Å². The van der Waals surface area contributed by atoms with Crippen molar-refractivity contribution < 1.29 is 19.1 Å². The molecule has 1 aromatic heterocycles. The van der Waals surface area contributed by atoms with E-state index < -0.39 is 18.0 Å². The van der Waals surface area contributed by atoms with Crippen LogP contribution in [0.3, 0.4) is 0 Å². The van der Waals surface area contributed by atoms with Crippen LogP contribution in [0.4, 0.5) is 5.69 Å². The van der Waals surface area contributed by atoms with E-state index in [9.17, 15) is 14.4 Å². The summed E-state index contributed by atoms with van der Waals surface area (Å²) in [6.07, 6.45) is -1.06. The summed E-state index contributed by atoms with van der Waals surface area (Å²) in [7, 11) is 0. The number of esters is 1. The van der Waals surface area contributed by atoms with Crippen LogP contribution in [0, 0.1) is 0 Å². The van der Waals surface area contributed by atoms with E-state index in [2.05, 4.69) is 5.32 Å². The van der Waals surface area contributed by atoms with Gasteiger partial charge < -0.3 is 10.1 Å². The highest BCUT2D eigenvalue weighted by Gasteiger charge is 2.20. The molecule has 0 saturated heterocycles. The molecule has 1 heterocycles. The Kier molecular flexibility index (Phi) is 6.44. The number of hydrogen-bond donors (Lipinski definition) is 1. The topological polar surface area (TPSA) is 72.5 Å². The molecule has 5 nitrogen and oxygen atoms in total. The van der Waals surface area contributed by atoms with E-state index in [1.54, 1.807) is 18.2 Å². The van der Waals surface area contributed by atoms with E-state index in [1.165, 1.54) is 18.3 Å². The Bertz CT molecular complexity index is 1020. The number of hydrogen-bond acceptors (Lipinski definition) is 5. The molecule has 0 saturated carbocycles. The molecule has 7 heteroatoms. The normalized spacial score (nSPS) is 11.8. The number of thiophene rings is 1. The monoisotopic (exact) mass is 415 g/mol. The second kappa shape index (κ2) is 8.99. The lowest BCUT2D eigenvalue weighted by Gasteiger charge is -2.14. The van der Waals surface area contributed by atoms with E-state index in [4.69, 9.17) is 16.3 Å². The largest absolute Gasteiger partial charge is 0.453 e. The fraction of sp³-hybridized carbons (Fsp3) is 0.190. The van der Waals surface area contributed by atoms with Gasteiger partial charge >= 0.3 is 5.97 Å². The zero-order valence-electron chi connectivity index (χ0n) is 15.1. The summed E-state index contributed by atoms with van der Waals surface area (Å²) in [6.45, 7) is 1.50. The van der Waals surface area contributed by atoms with Gasteiger partial charge in [-0.15, -0.1) is 11.3 Å². The maximum atomic E-state index is 12.4. The van der Waals surface area contributed by atoms with Crippen LogP contribution < -0.4 is 5.32 Å². The van der Waals surface area contributed by atoms with Gasteiger partial charge in [0.2, 0.25) is 0 Å². The van der Waals surface area contributed by atoms with E-state index in [0.29, 0.717) is 14.9 Å². The average molecular weight is 416 g/mol. The molecular formula is C21H18ClNO4S. The molecule has 0 radical (unpaired) electrons. The summed E-state index contributed by atoms with van der Waals surface area (Å²) < 4.78 is 5.68. The predicted octanol–water partition coefficient (Wildman–Crippen LogP) is 5.09. The molecule has 0 bridgehead atoms. The third-order valence-corrected chi connectivity index (χ3v) is 5.40. The molecule has 0 aliphatic carbocycles. The summed E-state index contributed by atoms with van der Waals surface area (Å²) >= 11 is 6.97. The second-order valence-corrected chi connectivity index (χ2v) is 7.89. The smallest absolute Gasteiger partial charge is 0.307 e. The number of amides is 1. The molecular weight excluding hydrogens is 398 g/mol. The Balaban J connectivity index is 1.53. The number of carbonyl (C=O) groups is 3. The Morgan fingerprint density at radius 2 is 1.79 bits per heavy atom. The molecule has 1 atom stereocenters. The number of anilines is 1. The summed E-state index contributed by atoms with van der Waals surface area (Å²) in [4.78, 5) is 36.9. The first-order valence-corrected chi connectivity index (χ1v) is 9.90. The lowest BCUT2D eigenvalue weighted by atomic mass is 10.1. The Morgan fingerprint density at radius 3 is 2.54 bits per heavy atom. The molecule has 1 amide bonds. The summed E-state index contributed by atoms with van der Waals surface area (Å²) in [5, 5.41) is 4.68. The van der Waals surface area contributed by atoms with Gasteiger partial charge in [0.15, 0.2) is 11.9 Å². The van der Waals surface area contributed by atoms with E-state index in [0.717, 1.165) is 10.8 Å². The van der Waals surface area contributed by atoms with Crippen LogP contribution in [0.2, 0.25) is 4.34 Å². The predicted molar refractivity (Wildman–Crippen MR) is 111 cm³/mol.